The fraction of sp³-hybridized carbons (Fsp3) is 0.639. The number of carbonyl (C=O) groups is 7. The first-order valence-electron chi connectivity index (χ1n) is 18.7. The predicted octanol–water partition coefficient (Wildman–Crippen LogP) is 2.04. The molecule has 0 aromatic heterocycles. The first-order chi connectivity index (χ1) is 26.0. The summed E-state index contributed by atoms with van der Waals surface area (Å²) in [5, 5.41) is 17.0. The van der Waals surface area contributed by atoms with Crippen molar-refractivity contribution < 1.29 is 38.3 Å². The highest BCUT2D eigenvalue weighted by molar-refractivity contribution is 6.03. The van der Waals surface area contributed by atoms with Gasteiger partial charge in [0.05, 0.1) is 6.54 Å². The Balaban J connectivity index is 3.45. The van der Waals surface area contributed by atoms with Gasteiger partial charge in [-0.05, 0) is 62.3 Å². The van der Waals surface area contributed by atoms with Crippen molar-refractivity contribution in [1.29, 1.82) is 0 Å². The summed E-state index contributed by atoms with van der Waals surface area (Å²) in [5.41, 5.74) is 8.19. The number of azide groups is 1. The van der Waals surface area contributed by atoms with E-state index in [2.05, 4.69) is 36.6 Å². The van der Waals surface area contributed by atoms with Crippen LogP contribution in [0.3, 0.4) is 0 Å². The smallest absolute Gasteiger partial charge is 0.254 e. The van der Waals surface area contributed by atoms with E-state index in [0.717, 1.165) is 16.2 Å². The molecule has 0 aliphatic heterocycles. The summed E-state index contributed by atoms with van der Waals surface area (Å²) in [5.74, 6) is -3.55. The summed E-state index contributed by atoms with van der Waals surface area (Å²) in [4.78, 5) is 96.1. The molecule has 300 valence electrons. The minimum absolute atomic E-state index is 0.0426. The first kappa shape index (κ1) is 46.6. The van der Waals surface area contributed by atoms with Crippen LogP contribution in [-0.4, -0.2) is 123 Å². The normalized spacial score (nSPS) is 10.3. The fourth-order valence-electron chi connectivity index (χ4n) is 4.81. The van der Waals surface area contributed by atoms with E-state index < -0.39 is 61.6 Å². The van der Waals surface area contributed by atoms with Crippen molar-refractivity contribution in [2.24, 2.45) is 5.11 Å². The van der Waals surface area contributed by atoms with E-state index in [-0.39, 0.29) is 42.4 Å². The Labute approximate surface area is 317 Å². The molecule has 1 rings (SSSR count). The predicted molar refractivity (Wildman–Crippen MR) is 202 cm³/mol. The Bertz CT molecular complexity index is 1310. The molecule has 0 unspecified atom stereocenters. The number of hydrogen-bond donors (Lipinski definition) is 5. The standard InChI is InChI=1S/C36H58N10O8/c1-5-13-38-31(48)23-45(24-32(49)39-14-6-2)35(52)27-20-28(36(53)46(25-33(50)40-15-7-3)26-34(51)41-16-8-4)22-29(21-27)54-19-18-42-30(47)12-10-9-11-17-43-44-37/h20-22H,5-19,23-26H2,1-4H3,(H,38,48)(H,39,49)(H,40,50)(H,41,51)(H,42,47). The second-order valence-corrected chi connectivity index (χ2v) is 12.4. The molecule has 18 nitrogen and oxygen atoms in total. The number of rotatable bonds is 28. The second kappa shape index (κ2) is 28.2. The topological polar surface area (TPSA) is 244 Å². The number of amides is 7. The highest BCUT2D eigenvalue weighted by atomic mass is 16.5. The van der Waals surface area contributed by atoms with Gasteiger partial charge in [0.15, 0.2) is 0 Å². The number of nitrogens with zero attached hydrogens (tertiary/aromatic N) is 5. The van der Waals surface area contributed by atoms with Gasteiger partial charge in [0, 0.05) is 55.2 Å². The molecule has 18 heteroatoms. The fourth-order valence-corrected chi connectivity index (χ4v) is 4.81. The third-order valence-electron chi connectivity index (χ3n) is 7.52. The number of unbranched alkanes of at least 4 members (excludes halogenated alkanes) is 2. The van der Waals surface area contributed by atoms with Crippen LogP contribution in [0.4, 0.5) is 0 Å². The molecule has 0 bridgehead atoms. The van der Waals surface area contributed by atoms with Gasteiger partial charge < -0.3 is 41.1 Å². The maximum absolute atomic E-state index is 14.0. The lowest BCUT2D eigenvalue weighted by Gasteiger charge is -2.24. The maximum Gasteiger partial charge on any atom is 0.254 e. The molecule has 7 amide bonds. The molecule has 1 aromatic carbocycles. The number of carbonyl (C=O) groups excluding carboxylic acids is 7. The molecular formula is C36H58N10O8. The average molecular weight is 759 g/mol. The monoisotopic (exact) mass is 758 g/mol. The largest absolute Gasteiger partial charge is 0.492 e. The third-order valence-corrected chi connectivity index (χ3v) is 7.52. The van der Waals surface area contributed by atoms with Gasteiger partial charge in [-0.25, -0.2) is 0 Å². The van der Waals surface area contributed by atoms with Crippen molar-refractivity contribution in [2.75, 3.05) is 72.1 Å². The summed E-state index contributed by atoms with van der Waals surface area (Å²) in [6.45, 7) is 7.63. The van der Waals surface area contributed by atoms with E-state index in [0.29, 0.717) is 71.2 Å². The van der Waals surface area contributed by atoms with Crippen LogP contribution in [0.1, 0.15) is 99.8 Å². The summed E-state index contributed by atoms with van der Waals surface area (Å²) >= 11 is 0. The summed E-state index contributed by atoms with van der Waals surface area (Å²) in [7, 11) is 0. The molecule has 0 aliphatic carbocycles. The summed E-state index contributed by atoms with van der Waals surface area (Å²) < 4.78 is 5.88. The van der Waals surface area contributed by atoms with E-state index in [1.807, 2.05) is 27.7 Å². The average Bonchev–Trinajstić information content (AvgIpc) is 3.16. The zero-order chi connectivity index (χ0) is 40.1. The molecule has 0 radical (unpaired) electrons. The Kier molecular flexibility index (Phi) is 24.3. The van der Waals surface area contributed by atoms with Gasteiger partial charge in [-0.15, -0.1) is 0 Å². The van der Waals surface area contributed by atoms with Crippen LogP contribution in [0.15, 0.2) is 23.3 Å². The molecule has 0 saturated heterocycles. The minimum atomic E-state index is -0.741. The number of ether oxygens (including phenoxy) is 1. The lowest BCUT2D eigenvalue weighted by molar-refractivity contribution is -0.125. The van der Waals surface area contributed by atoms with E-state index in [1.165, 1.54) is 18.2 Å². The van der Waals surface area contributed by atoms with Crippen LogP contribution < -0.4 is 31.3 Å². The highest BCUT2D eigenvalue weighted by Crippen LogP contribution is 2.21. The summed E-state index contributed by atoms with van der Waals surface area (Å²) in [6.07, 6.45) is 4.89. The molecule has 0 aliphatic rings. The van der Waals surface area contributed by atoms with Gasteiger partial charge in [-0.3, -0.25) is 33.6 Å². The Morgan fingerprint density at radius 1 is 0.593 bits per heavy atom. The Morgan fingerprint density at radius 2 is 1.00 bits per heavy atom. The van der Waals surface area contributed by atoms with E-state index >= 15 is 0 Å². The molecule has 0 fully saturated rings. The van der Waals surface area contributed by atoms with Crippen LogP contribution >= 0.6 is 0 Å². The lowest BCUT2D eigenvalue weighted by Crippen LogP contribution is -2.46. The van der Waals surface area contributed by atoms with Crippen molar-refractivity contribution in [1.82, 2.24) is 36.4 Å². The number of hydrogen-bond acceptors (Lipinski definition) is 9. The molecule has 0 heterocycles. The SMILES string of the molecule is CCCNC(=O)CN(CC(=O)NCCC)C(=O)c1cc(OCCNC(=O)CCCCCN=[N+]=[N-])cc(C(=O)N(CC(=O)NCCC)CC(=O)NCCC)c1. The van der Waals surface area contributed by atoms with E-state index in [4.69, 9.17) is 10.3 Å². The van der Waals surface area contributed by atoms with Gasteiger partial charge in [-0.1, -0.05) is 39.2 Å². The van der Waals surface area contributed by atoms with Crippen molar-refractivity contribution in [3.05, 3.63) is 39.8 Å². The third kappa shape index (κ3) is 20.0. The second-order valence-electron chi connectivity index (χ2n) is 12.4. The Hall–Kier alpha value is -5.38. The quantitative estimate of drug-likeness (QED) is 0.0366. The van der Waals surface area contributed by atoms with Crippen LogP contribution in [-0.2, 0) is 24.0 Å². The van der Waals surface area contributed by atoms with Crippen molar-refractivity contribution in [3.63, 3.8) is 0 Å². The molecule has 0 spiro atoms. The van der Waals surface area contributed by atoms with E-state index in [9.17, 15) is 33.6 Å². The zero-order valence-corrected chi connectivity index (χ0v) is 32.2. The van der Waals surface area contributed by atoms with Gasteiger partial charge >= 0.3 is 0 Å². The molecule has 0 saturated carbocycles. The molecule has 5 N–H and O–H groups in total. The van der Waals surface area contributed by atoms with Crippen molar-refractivity contribution >= 4 is 41.4 Å². The number of nitrogens with one attached hydrogen (secondary N) is 5. The number of benzene rings is 1. The highest BCUT2D eigenvalue weighted by Gasteiger charge is 2.26. The van der Waals surface area contributed by atoms with Crippen LogP contribution in [0.25, 0.3) is 10.4 Å². The molecule has 0 atom stereocenters. The minimum Gasteiger partial charge on any atom is -0.492 e. The summed E-state index contributed by atoms with van der Waals surface area (Å²) in [6, 6.07) is 3.98. The van der Waals surface area contributed by atoms with Gasteiger partial charge in [0.2, 0.25) is 29.5 Å². The van der Waals surface area contributed by atoms with Crippen LogP contribution in [0, 0.1) is 0 Å². The van der Waals surface area contributed by atoms with Gasteiger partial charge in [-0.2, -0.15) is 0 Å². The maximum atomic E-state index is 14.0. The van der Waals surface area contributed by atoms with Crippen molar-refractivity contribution in [2.45, 2.75) is 79.1 Å². The van der Waals surface area contributed by atoms with Crippen LogP contribution in [0.5, 0.6) is 5.75 Å². The van der Waals surface area contributed by atoms with Gasteiger partial charge in [0.1, 0.15) is 38.5 Å². The first-order valence-corrected chi connectivity index (χ1v) is 18.7. The molecule has 1 aromatic rings. The van der Waals surface area contributed by atoms with Gasteiger partial charge in [0.25, 0.3) is 11.8 Å². The van der Waals surface area contributed by atoms with Crippen molar-refractivity contribution in [3.8, 4) is 5.75 Å². The Morgan fingerprint density at radius 3 is 1.39 bits per heavy atom. The molecule has 54 heavy (non-hydrogen) atoms. The van der Waals surface area contributed by atoms with E-state index in [1.54, 1.807) is 0 Å². The zero-order valence-electron chi connectivity index (χ0n) is 32.2. The van der Waals surface area contributed by atoms with Crippen LogP contribution in [0.2, 0.25) is 0 Å². The lowest BCUT2D eigenvalue weighted by atomic mass is 10.1. The molecular weight excluding hydrogens is 700 g/mol.